The third kappa shape index (κ3) is 4.44. The average molecular weight is 381 g/mol. The van der Waals surface area contributed by atoms with E-state index in [1.165, 1.54) is 0 Å². The Balaban J connectivity index is 1.56. The van der Waals surface area contributed by atoms with Crippen LogP contribution in [-0.2, 0) is 16.0 Å². The van der Waals surface area contributed by atoms with Gasteiger partial charge in [-0.2, -0.15) is 0 Å². The van der Waals surface area contributed by atoms with Gasteiger partial charge in [-0.05, 0) is 35.9 Å². The zero-order valence-corrected chi connectivity index (χ0v) is 14.6. The fourth-order valence-electron chi connectivity index (χ4n) is 2.31. The lowest BCUT2D eigenvalue weighted by Crippen LogP contribution is -2.18. The monoisotopic (exact) mass is 380 g/mol. The Morgan fingerprint density at radius 2 is 1.72 bits per heavy atom. The molecule has 0 N–H and O–H groups in total. The lowest BCUT2D eigenvalue weighted by molar-refractivity contribution is -0.141. The molecule has 1 heterocycles. The van der Waals surface area contributed by atoms with Gasteiger partial charge in [0, 0.05) is 5.56 Å². The van der Waals surface area contributed by atoms with Gasteiger partial charge in [0.15, 0.2) is 23.9 Å². The molecule has 0 saturated heterocycles. The molecule has 0 fully saturated rings. The standard InChI is InChI=1S/C18H14Cl2O5/c19-13-3-1-11(7-14(13)20)8-18(22)25-10-15(21)12-2-4-16-17(9-12)24-6-5-23-16/h1-4,7,9H,5-6,8,10H2. The summed E-state index contributed by atoms with van der Waals surface area (Å²) in [6, 6.07) is 9.74. The van der Waals surface area contributed by atoms with E-state index in [2.05, 4.69) is 0 Å². The molecule has 0 aliphatic carbocycles. The van der Waals surface area contributed by atoms with Crippen LogP contribution in [0.4, 0.5) is 0 Å². The number of fused-ring (bicyclic) bond motifs is 1. The maximum absolute atomic E-state index is 12.2. The molecular formula is C18H14Cl2O5. The summed E-state index contributed by atoms with van der Waals surface area (Å²) in [6.07, 6.45) is 0.00527. The van der Waals surface area contributed by atoms with Crippen molar-refractivity contribution in [3.05, 3.63) is 57.6 Å². The Kier molecular flexibility index (Phi) is 5.46. The van der Waals surface area contributed by atoms with E-state index < -0.39 is 5.97 Å². The molecule has 1 aliphatic rings. The first-order valence-electron chi connectivity index (χ1n) is 7.55. The first-order valence-corrected chi connectivity index (χ1v) is 8.31. The molecule has 1 aliphatic heterocycles. The Hall–Kier alpha value is -2.24. The third-order valence-corrected chi connectivity index (χ3v) is 4.30. The smallest absolute Gasteiger partial charge is 0.310 e. The second-order valence-corrected chi connectivity index (χ2v) is 6.18. The molecule has 0 unspecified atom stereocenters. The van der Waals surface area contributed by atoms with Gasteiger partial charge < -0.3 is 14.2 Å². The highest BCUT2D eigenvalue weighted by Crippen LogP contribution is 2.30. The molecular weight excluding hydrogens is 367 g/mol. The Bertz CT molecular complexity index is 819. The summed E-state index contributed by atoms with van der Waals surface area (Å²) in [5.74, 6) is 0.266. The number of hydrogen-bond donors (Lipinski definition) is 0. The lowest BCUT2D eigenvalue weighted by atomic mass is 10.1. The Morgan fingerprint density at radius 1 is 0.960 bits per heavy atom. The molecule has 7 heteroatoms. The van der Waals surface area contributed by atoms with Crippen molar-refractivity contribution in [3.63, 3.8) is 0 Å². The summed E-state index contributed by atoms with van der Waals surface area (Å²) < 4.78 is 15.9. The molecule has 0 bridgehead atoms. The van der Waals surface area contributed by atoms with Crippen molar-refractivity contribution < 1.29 is 23.8 Å². The number of benzene rings is 2. The van der Waals surface area contributed by atoms with Crippen LogP contribution in [-0.4, -0.2) is 31.6 Å². The maximum atomic E-state index is 12.2. The summed E-state index contributed by atoms with van der Waals surface area (Å²) in [5, 5.41) is 0.770. The molecule has 0 aromatic heterocycles. The lowest BCUT2D eigenvalue weighted by Gasteiger charge is -2.18. The predicted molar refractivity (Wildman–Crippen MR) is 92.9 cm³/mol. The van der Waals surface area contributed by atoms with Gasteiger partial charge in [0.2, 0.25) is 0 Å². The minimum Gasteiger partial charge on any atom is -0.486 e. The van der Waals surface area contributed by atoms with Gasteiger partial charge in [-0.1, -0.05) is 29.3 Å². The van der Waals surface area contributed by atoms with Crippen molar-refractivity contribution in [1.82, 2.24) is 0 Å². The van der Waals surface area contributed by atoms with E-state index in [-0.39, 0.29) is 18.8 Å². The van der Waals surface area contributed by atoms with Crippen LogP contribution in [0.2, 0.25) is 10.0 Å². The van der Waals surface area contributed by atoms with Gasteiger partial charge in [-0.3, -0.25) is 9.59 Å². The Labute approximate surface area is 154 Å². The number of halogens is 2. The van der Waals surface area contributed by atoms with Gasteiger partial charge in [-0.15, -0.1) is 0 Å². The number of carbonyl (C=O) groups is 2. The fraction of sp³-hybridized carbons (Fsp3) is 0.222. The van der Waals surface area contributed by atoms with E-state index in [1.807, 2.05) is 0 Å². The number of carbonyl (C=O) groups excluding carboxylic acids is 2. The highest BCUT2D eigenvalue weighted by Gasteiger charge is 2.16. The largest absolute Gasteiger partial charge is 0.486 e. The second kappa shape index (κ2) is 7.76. The van der Waals surface area contributed by atoms with Crippen molar-refractivity contribution in [2.45, 2.75) is 6.42 Å². The van der Waals surface area contributed by atoms with Gasteiger partial charge in [0.1, 0.15) is 13.2 Å². The highest BCUT2D eigenvalue weighted by molar-refractivity contribution is 6.42. The molecule has 2 aromatic carbocycles. The molecule has 130 valence electrons. The van der Waals surface area contributed by atoms with E-state index in [0.29, 0.717) is 45.9 Å². The van der Waals surface area contributed by atoms with Crippen molar-refractivity contribution in [1.29, 1.82) is 0 Å². The highest BCUT2D eigenvalue weighted by atomic mass is 35.5. The van der Waals surface area contributed by atoms with Crippen molar-refractivity contribution in [2.24, 2.45) is 0 Å². The van der Waals surface area contributed by atoms with Gasteiger partial charge in [0.05, 0.1) is 16.5 Å². The summed E-state index contributed by atoms with van der Waals surface area (Å²) in [7, 11) is 0. The van der Waals surface area contributed by atoms with Crippen LogP contribution in [0.3, 0.4) is 0 Å². The van der Waals surface area contributed by atoms with Crippen LogP contribution < -0.4 is 9.47 Å². The first-order chi connectivity index (χ1) is 12.0. The van der Waals surface area contributed by atoms with Crippen molar-refractivity contribution >= 4 is 35.0 Å². The van der Waals surface area contributed by atoms with Gasteiger partial charge in [-0.25, -0.2) is 0 Å². The minimum absolute atomic E-state index is 0.00527. The summed E-state index contributed by atoms with van der Waals surface area (Å²) >= 11 is 11.7. The average Bonchev–Trinajstić information content (AvgIpc) is 2.62. The SMILES string of the molecule is O=C(Cc1ccc(Cl)c(Cl)c1)OCC(=O)c1ccc2c(c1)OCCO2. The molecule has 3 rings (SSSR count). The summed E-state index contributed by atoms with van der Waals surface area (Å²) in [6.45, 7) is 0.565. The number of Topliss-reactive ketones (excluding diaryl/α,β-unsaturated/α-hetero) is 1. The van der Waals surface area contributed by atoms with Gasteiger partial charge in [0.25, 0.3) is 0 Å². The van der Waals surface area contributed by atoms with E-state index in [0.717, 1.165) is 0 Å². The molecule has 5 nitrogen and oxygen atoms in total. The molecule has 0 saturated carbocycles. The van der Waals surface area contributed by atoms with E-state index in [1.54, 1.807) is 36.4 Å². The van der Waals surface area contributed by atoms with Crippen LogP contribution >= 0.6 is 23.2 Å². The normalized spacial score (nSPS) is 12.6. The quantitative estimate of drug-likeness (QED) is 0.584. The number of rotatable bonds is 5. The first kappa shape index (κ1) is 17.6. The molecule has 2 aromatic rings. The van der Waals surface area contributed by atoms with E-state index >= 15 is 0 Å². The second-order valence-electron chi connectivity index (χ2n) is 5.37. The van der Waals surface area contributed by atoms with E-state index in [4.69, 9.17) is 37.4 Å². The zero-order valence-electron chi connectivity index (χ0n) is 13.1. The molecule has 0 atom stereocenters. The summed E-state index contributed by atoms with van der Waals surface area (Å²) in [4.78, 5) is 24.1. The molecule has 0 radical (unpaired) electrons. The van der Waals surface area contributed by atoms with Gasteiger partial charge >= 0.3 is 5.97 Å². The zero-order chi connectivity index (χ0) is 17.8. The van der Waals surface area contributed by atoms with Crippen LogP contribution in [0.25, 0.3) is 0 Å². The number of ketones is 1. The molecule has 0 amide bonds. The van der Waals surface area contributed by atoms with Crippen molar-refractivity contribution in [2.75, 3.05) is 19.8 Å². The Morgan fingerprint density at radius 3 is 2.48 bits per heavy atom. The predicted octanol–water partition coefficient (Wildman–Crippen LogP) is 3.73. The minimum atomic E-state index is -0.524. The maximum Gasteiger partial charge on any atom is 0.310 e. The van der Waals surface area contributed by atoms with Crippen LogP contribution in [0.1, 0.15) is 15.9 Å². The van der Waals surface area contributed by atoms with Crippen LogP contribution in [0, 0.1) is 0 Å². The molecule has 25 heavy (non-hydrogen) atoms. The fourth-order valence-corrected chi connectivity index (χ4v) is 2.63. The molecule has 0 spiro atoms. The number of ether oxygens (including phenoxy) is 3. The van der Waals surface area contributed by atoms with Crippen LogP contribution in [0.5, 0.6) is 11.5 Å². The summed E-state index contributed by atoms with van der Waals surface area (Å²) in [5.41, 5.74) is 1.05. The number of esters is 1. The van der Waals surface area contributed by atoms with Crippen LogP contribution in [0.15, 0.2) is 36.4 Å². The topological polar surface area (TPSA) is 61.8 Å². The van der Waals surface area contributed by atoms with Crippen molar-refractivity contribution in [3.8, 4) is 11.5 Å². The van der Waals surface area contributed by atoms with E-state index in [9.17, 15) is 9.59 Å². The number of hydrogen-bond acceptors (Lipinski definition) is 5. The third-order valence-electron chi connectivity index (χ3n) is 3.56.